The van der Waals surface area contributed by atoms with E-state index in [9.17, 15) is 9.59 Å². The highest BCUT2D eigenvalue weighted by Gasteiger charge is 2.17. The van der Waals surface area contributed by atoms with Gasteiger partial charge in [-0.25, -0.2) is 4.98 Å². The molecule has 4 rings (SSSR count). The Balaban J connectivity index is 1.36. The van der Waals surface area contributed by atoms with Crippen LogP contribution in [0, 0.1) is 0 Å². The molecular formula is C24H21N3O3S3. The fourth-order valence-electron chi connectivity index (χ4n) is 2.95. The predicted octanol–water partition coefficient (Wildman–Crippen LogP) is 6.25. The summed E-state index contributed by atoms with van der Waals surface area (Å²) in [6, 6.07) is 18.4. The number of hydrogen-bond acceptors (Lipinski definition) is 7. The zero-order valence-corrected chi connectivity index (χ0v) is 20.4. The molecule has 2 aromatic carbocycles. The van der Waals surface area contributed by atoms with Gasteiger partial charge in [-0.05, 0) is 54.8 Å². The van der Waals surface area contributed by atoms with Crippen molar-refractivity contribution in [1.82, 2.24) is 4.98 Å². The molecule has 2 amide bonds. The van der Waals surface area contributed by atoms with Gasteiger partial charge in [0, 0.05) is 21.5 Å². The van der Waals surface area contributed by atoms with E-state index in [1.54, 1.807) is 42.7 Å². The molecular weight excluding hydrogens is 474 g/mol. The van der Waals surface area contributed by atoms with E-state index in [-0.39, 0.29) is 17.1 Å². The van der Waals surface area contributed by atoms with Crippen molar-refractivity contribution in [2.75, 3.05) is 17.7 Å². The van der Waals surface area contributed by atoms with Crippen LogP contribution in [0.2, 0.25) is 0 Å². The number of methoxy groups -OCH3 is 1. The normalized spacial score (nSPS) is 11.6. The maximum atomic E-state index is 12.7. The number of thiophene rings is 1. The number of carbonyl (C=O) groups is 2. The van der Waals surface area contributed by atoms with Crippen molar-refractivity contribution < 1.29 is 14.3 Å². The van der Waals surface area contributed by atoms with Gasteiger partial charge in [-0.1, -0.05) is 18.2 Å². The molecule has 0 saturated carbocycles. The lowest BCUT2D eigenvalue weighted by molar-refractivity contribution is -0.115. The second kappa shape index (κ2) is 10.7. The van der Waals surface area contributed by atoms with Gasteiger partial charge in [-0.2, -0.15) is 0 Å². The molecule has 2 N–H and O–H groups in total. The van der Waals surface area contributed by atoms with Crippen LogP contribution in [0.3, 0.4) is 0 Å². The van der Waals surface area contributed by atoms with E-state index in [1.807, 2.05) is 54.1 Å². The van der Waals surface area contributed by atoms with Crippen molar-refractivity contribution in [1.29, 1.82) is 0 Å². The van der Waals surface area contributed by atoms with Crippen LogP contribution in [-0.4, -0.2) is 29.2 Å². The topological polar surface area (TPSA) is 80.3 Å². The molecule has 0 bridgehead atoms. The first-order chi connectivity index (χ1) is 16.0. The summed E-state index contributed by atoms with van der Waals surface area (Å²) in [5.41, 5.74) is 2.02. The number of ether oxygens (including phenoxy) is 1. The smallest absolute Gasteiger partial charge is 0.255 e. The van der Waals surface area contributed by atoms with Crippen LogP contribution in [0.5, 0.6) is 5.75 Å². The number of rotatable bonds is 8. The van der Waals surface area contributed by atoms with Gasteiger partial charge in [0.2, 0.25) is 5.91 Å². The zero-order chi connectivity index (χ0) is 23.2. The molecule has 0 spiro atoms. The zero-order valence-electron chi connectivity index (χ0n) is 17.9. The second-order valence-corrected chi connectivity index (χ2v) is 10.2. The van der Waals surface area contributed by atoms with Gasteiger partial charge in [0.25, 0.3) is 5.91 Å². The van der Waals surface area contributed by atoms with Gasteiger partial charge in [-0.3, -0.25) is 9.59 Å². The number of aromatic nitrogens is 1. The summed E-state index contributed by atoms with van der Waals surface area (Å²) in [4.78, 5) is 31.7. The molecule has 4 aromatic rings. The van der Waals surface area contributed by atoms with Crippen molar-refractivity contribution in [3.63, 3.8) is 0 Å². The van der Waals surface area contributed by atoms with Crippen LogP contribution < -0.4 is 15.4 Å². The summed E-state index contributed by atoms with van der Waals surface area (Å²) >= 11 is 4.43. The number of anilines is 2. The number of benzene rings is 2. The molecule has 33 heavy (non-hydrogen) atoms. The van der Waals surface area contributed by atoms with Gasteiger partial charge in [0.15, 0.2) is 5.13 Å². The van der Waals surface area contributed by atoms with Crippen LogP contribution in [0.25, 0.3) is 10.6 Å². The van der Waals surface area contributed by atoms with Gasteiger partial charge in [-0.15, -0.1) is 34.4 Å². The molecule has 2 aromatic heterocycles. The average Bonchev–Trinajstić information content (AvgIpc) is 3.51. The van der Waals surface area contributed by atoms with Crippen LogP contribution in [0.1, 0.15) is 17.3 Å². The Hall–Kier alpha value is -3.14. The largest absolute Gasteiger partial charge is 0.497 e. The van der Waals surface area contributed by atoms with E-state index in [4.69, 9.17) is 4.74 Å². The van der Waals surface area contributed by atoms with Crippen molar-refractivity contribution in [3.8, 4) is 16.3 Å². The lowest BCUT2D eigenvalue weighted by atomic mass is 10.2. The van der Waals surface area contributed by atoms with Crippen molar-refractivity contribution in [3.05, 3.63) is 77.0 Å². The molecule has 9 heteroatoms. The Morgan fingerprint density at radius 1 is 1.03 bits per heavy atom. The quantitative estimate of drug-likeness (QED) is 0.282. The molecule has 6 nitrogen and oxygen atoms in total. The van der Waals surface area contributed by atoms with Crippen molar-refractivity contribution >= 4 is 57.1 Å². The van der Waals surface area contributed by atoms with Crippen LogP contribution >= 0.6 is 34.4 Å². The lowest BCUT2D eigenvalue weighted by Gasteiger charge is -2.12. The molecule has 1 atom stereocenters. The number of thiazole rings is 1. The van der Waals surface area contributed by atoms with Crippen molar-refractivity contribution in [2.24, 2.45) is 0 Å². The molecule has 2 heterocycles. The standard InChI is InChI=1S/C24H21N3O3S3/c1-15(22(28)27-24-26-20(14-32-24)21-10-5-11-31-21)33-19-9-4-7-17(13-19)25-23(29)16-6-3-8-18(12-16)30-2/h3-15H,1-2H3,(H,25,29)(H,26,27,28). The first-order valence-corrected chi connectivity index (χ1v) is 12.7. The van der Waals surface area contributed by atoms with E-state index < -0.39 is 0 Å². The van der Waals surface area contributed by atoms with Crippen LogP contribution in [0.4, 0.5) is 10.8 Å². The van der Waals surface area contributed by atoms with Gasteiger partial charge in [0.1, 0.15) is 5.75 Å². The first-order valence-electron chi connectivity index (χ1n) is 10.0. The second-order valence-electron chi connectivity index (χ2n) is 6.98. The van der Waals surface area contributed by atoms with E-state index in [0.717, 1.165) is 15.5 Å². The minimum Gasteiger partial charge on any atom is -0.497 e. The van der Waals surface area contributed by atoms with E-state index in [0.29, 0.717) is 22.1 Å². The number of nitrogens with one attached hydrogen (secondary N) is 2. The van der Waals surface area contributed by atoms with E-state index >= 15 is 0 Å². The van der Waals surface area contributed by atoms with Crippen LogP contribution in [0.15, 0.2) is 76.3 Å². The molecule has 0 aliphatic heterocycles. The number of amides is 2. The third kappa shape index (κ3) is 6.01. The number of carbonyl (C=O) groups excluding carboxylic acids is 2. The fraction of sp³-hybridized carbons (Fsp3) is 0.125. The van der Waals surface area contributed by atoms with E-state index in [1.165, 1.54) is 23.1 Å². The Morgan fingerprint density at radius 2 is 1.88 bits per heavy atom. The molecule has 1 unspecified atom stereocenters. The summed E-state index contributed by atoms with van der Waals surface area (Å²) in [7, 11) is 1.56. The molecule has 0 aliphatic rings. The predicted molar refractivity (Wildman–Crippen MR) is 137 cm³/mol. The molecule has 0 fully saturated rings. The molecule has 0 radical (unpaired) electrons. The van der Waals surface area contributed by atoms with E-state index in [2.05, 4.69) is 15.6 Å². The minimum atomic E-state index is -0.344. The Morgan fingerprint density at radius 3 is 2.67 bits per heavy atom. The van der Waals surface area contributed by atoms with Crippen LogP contribution in [-0.2, 0) is 4.79 Å². The van der Waals surface area contributed by atoms with Crippen molar-refractivity contribution in [2.45, 2.75) is 17.1 Å². The third-order valence-electron chi connectivity index (χ3n) is 4.61. The Labute approximate surface area is 204 Å². The van der Waals surface area contributed by atoms with Gasteiger partial charge in [0.05, 0.1) is 22.9 Å². The SMILES string of the molecule is COc1cccc(C(=O)Nc2cccc(SC(C)C(=O)Nc3nc(-c4cccs4)cs3)c2)c1. The Bertz CT molecular complexity index is 1250. The number of nitrogens with zero attached hydrogens (tertiary/aromatic N) is 1. The highest BCUT2D eigenvalue weighted by molar-refractivity contribution is 8.00. The Kier molecular flexibility index (Phi) is 7.43. The highest BCUT2D eigenvalue weighted by atomic mass is 32.2. The average molecular weight is 496 g/mol. The van der Waals surface area contributed by atoms with Gasteiger partial charge < -0.3 is 15.4 Å². The number of hydrogen-bond donors (Lipinski definition) is 2. The first kappa shape index (κ1) is 23.0. The maximum absolute atomic E-state index is 12.7. The molecule has 0 aliphatic carbocycles. The maximum Gasteiger partial charge on any atom is 0.255 e. The minimum absolute atomic E-state index is 0.127. The molecule has 168 valence electrons. The summed E-state index contributed by atoms with van der Waals surface area (Å²) in [6.07, 6.45) is 0. The monoisotopic (exact) mass is 495 g/mol. The fourth-order valence-corrected chi connectivity index (χ4v) is 5.35. The molecule has 0 saturated heterocycles. The summed E-state index contributed by atoms with van der Waals surface area (Å²) < 4.78 is 5.18. The summed E-state index contributed by atoms with van der Waals surface area (Å²) in [5, 5.41) is 9.96. The third-order valence-corrected chi connectivity index (χ3v) is 7.36. The summed E-state index contributed by atoms with van der Waals surface area (Å²) in [5.74, 6) is 0.264. The highest BCUT2D eigenvalue weighted by Crippen LogP contribution is 2.30. The number of thioether (sulfide) groups is 1. The summed E-state index contributed by atoms with van der Waals surface area (Å²) in [6.45, 7) is 1.84. The van der Waals surface area contributed by atoms with Gasteiger partial charge >= 0.3 is 0 Å². The lowest BCUT2D eigenvalue weighted by Crippen LogP contribution is -2.22.